The molecule has 0 saturated heterocycles. The van der Waals surface area contributed by atoms with Gasteiger partial charge in [0.15, 0.2) is 34.9 Å². The largest absolute Gasteiger partial charge is 0.508 e. The van der Waals surface area contributed by atoms with Crippen molar-refractivity contribution in [3.63, 3.8) is 0 Å². The second-order valence-corrected chi connectivity index (χ2v) is 7.92. The maximum atomic E-state index is 13.5. The molecule has 1 aliphatic heterocycles. The number of phenolic OH excluding ortho intramolecular Hbond substituents is 7. The van der Waals surface area contributed by atoms with Crippen molar-refractivity contribution in [2.24, 2.45) is 0 Å². The zero-order valence-electron chi connectivity index (χ0n) is 17.8. The molecule has 1 aliphatic rings. The van der Waals surface area contributed by atoms with Gasteiger partial charge >= 0.3 is 12.1 Å². The van der Waals surface area contributed by atoms with Gasteiger partial charge in [-0.25, -0.2) is 4.79 Å². The van der Waals surface area contributed by atoms with Gasteiger partial charge < -0.3 is 45.2 Å². The first-order chi connectivity index (χ1) is 16.8. The molecule has 0 fully saturated rings. The maximum Gasteiger partial charge on any atom is 0.417 e. The first kappa shape index (κ1) is 24.4. The summed E-state index contributed by atoms with van der Waals surface area (Å²) in [4.78, 5) is 12.8. The summed E-state index contributed by atoms with van der Waals surface area (Å²) in [6.45, 7) is 0. The van der Waals surface area contributed by atoms with E-state index in [1.807, 2.05) is 0 Å². The average molecular weight is 510 g/mol. The number of ether oxygens (including phenoxy) is 2. The second-order valence-electron chi connectivity index (χ2n) is 7.92. The Hall–Kier alpha value is -4.68. The highest BCUT2D eigenvalue weighted by Gasteiger charge is 2.41. The molecule has 13 heteroatoms. The molecule has 190 valence electrons. The van der Waals surface area contributed by atoms with Crippen LogP contribution in [0.25, 0.3) is 0 Å². The lowest BCUT2D eigenvalue weighted by molar-refractivity contribution is -0.138. The van der Waals surface area contributed by atoms with Crippen LogP contribution >= 0.6 is 0 Å². The minimum Gasteiger partial charge on any atom is -0.508 e. The molecule has 0 bridgehead atoms. The number of benzene rings is 3. The van der Waals surface area contributed by atoms with E-state index in [0.29, 0.717) is 6.07 Å². The van der Waals surface area contributed by atoms with Crippen molar-refractivity contribution in [3.05, 3.63) is 58.7 Å². The van der Waals surface area contributed by atoms with Crippen LogP contribution in [0.4, 0.5) is 13.2 Å². The van der Waals surface area contributed by atoms with Crippen molar-refractivity contribution >= 4 is 5.97 Å². The van der Waals surface area contributed by atoms with Crippen molar-refractivity contribution in [2.75, 3.05) is 0 Å². The third-order valence-electron chi connectivity index (χ3n) is 5.49. The predicted molar refractivity (Wildman–Crippen MR) is 112 cm³/mol. The normalized spacial score (nSPS) is 17.2. The second kappa shape index (κ2) is 8.52. The monoisotopic (exact) mass is 510 g/mol. The van der Waals surface area contributed by atoms with Crippen LogP contribution in [0.1, 0.15) is 33.2 Å². The molecule has 4 rings (SSSR count). The van der Waals surface area contributed by atoms with Crippen molar-refractivity contribution < 1.29 is 63.2 Å². The molecule has 0 radical (unpaired) electrons. The molecule has 2 atom stereocenters. The van der Waals surface area contributed by atoms with E-state index in [1.165, 1.54) is 0 Å². The van der Waals surface area contributed by atoms with E-state index in [0.717, 1.165) is 24.3 Å². The average Bonchev–Trinajstić information content (AvgIpc) is 2.77. The number of hydrogen-bond donors (Lipinski definition) is 7. The number of carbonyl (C=O) groups is 1. The van der Waals surface area contributed by atoms with Gasteiger partial charge in [0.2, 0.25) is 0 Å². The number of aromatic hydroxyl groups is 7. The van der Waals surface area contributed by atoms with E-state index >= 15 is 0 Å². The van der Waals surface area contributed by atoms with Crippen molar-refractivity contribution in [1.29, 1.82) is 0 Å². The van der Waals surface area contributed by atoms with E-state index in [4.69, 9.17) is 9.47 Å². The molecule has 0 aromatic heterocycles. The van der Waals surface area contributed by atoms with Gasteiger partial charge in [0, 0.05) is 29.7 Å². The predicted octanol–water partition coefficient (Wildman–Crippen LogP) is 3.55. The van der Waals surface area contributed by atoms with E-state index < -0.39 is 75.7 Å². The highest BCUT2D eigenvalue weighted by molar-refractivity contribution is 5.92. The summed E-state index contributed by atoms with van der Waals surface area (Å²) in [6, 6.07) is 4.49. The van der Waals surface area contributed by atoms with Gasteiger partial charge in [-0.05, 0) is 24.3 Å². The topological polar surface area (TPSA) is 177 Å². The Morgan fingerprint density at radius 1 is 0.833 bits per heavy atom. The van der Waals surface area contributed by atoms with Crippen LogP contribution in [-0.4, -0.2) is 47.8 Å². The lowest BCUT2D eigenvalue weighted by Crippen LogP contribution is -2.35. The zero-order valence-corrected chi connectivity index (χ0v) is 17.8. The summed E-state index contributed by atoms with van der Waals surface area (Å²) < 4.78 is 51.5. The Balaban J connectivity index is 1.79. The Kier molecular flexibility index (Phi) is 5.78. The Labute approximate surface area is 199 Å². The third kappa shape index (κ3) is 4.37. The summed E-state index contributed by atoms with van der Waals surface area (Å²) in [5, 5.41) is 68.5. The molecular formula is C23H17F3O10. The molecule has 3 aromatic carbocycles. The number of hydrogen-bond acceptors (Lipinski definition) is 10. The van der Waals surface area contributed by atoms with Crippen LogP contribution in [0.3, 0.4) is 0 Å². The standard InChI is InChI=1S/C23H17F3O10/c24-23(25,26)12-7-15(30)14(29)5-10(12)22(34)36-19-6-11-13(28)3-9(27)4-18(11)35-21(19)8-1-16(31)20(33)17(32)2-8/h1-5,7,19,21,27-33H,6H2/t19?,21-/m1/s1. The molecule has 7 N–H and O–H groups in total. The highest BCUT2D eigenvalue weighted by atomic mass is 19.4. The lowest BCUT2D eigenvalue weighted by Gasteiger charge is -2.34. The maximum absolute atomic E-state index is 13.5. The minimum atomic E-state index is -5.11. The third-order valence-corrected chi connectivity index (χ3v) is 5.49. The number of rotatable bonds is 3. The van der Waals surface area contributed by atoms with Crippen LogP contribution < -0.4 is 4.74 Å². The van der Waals surface area contributed by atoms with Crippen LogP contribution in [0, 0.1) is 0 Å². The molecule has 1 unspecified atom stereocenters. The van der Waals surface area contributed by atoms with Gasteiger partial charge in [-0.15, -0.1) is 0 Å². The summed E-state index contributed by atoms with van der Waals surface area (Å²) in [6.07, 6.45) is -8.37. The molecule has 0 saturated carbocycles. The molecule has 36 heavy (non-hydrogen) atoms. The zero-order chi connectivity index (χ0) is 26.5. The molecule has 1 heterocycles. The number of halogens is 3. The van der Waals surface area contributed by atoms with Crippen molar-refractivity contribution in [1.82, 2.24) is 0 Å². The summed E-state index contributed by atoms with van der Waals surface area (Å²) in [5.41, 5.74) is -2.78. The molecule has 3 aromatic rings. The minimum absolute atomic E-state index is 0.0265. The fourth-order valence-corrected chi connectivity index (χ4v) is 3.80. The van der Waals surface area contributed by atoms with E-state index in [9.17, 15) is 53.7 Å². The first-order valence-electron chi connectivity index (χ1n) is 10.1. The number of alkyl halides is 3. The summed E-state index contributed by atoms with van der Waals surface area (Å²) in [7, 11) is 0. The van der Waals surface area contributed by atoms with Crippen LogP contribution in [0.5, 0.6) is 46.0 Å². The fraction of sp³-hybridized carbons (Fsp3) is 0.174. The quantitative estimate of drug-likeness (QED) is 0.204. The van der Waals surface area contributed by atoms with Gasteiger partial charge in [0.25, 0.3) is 0 Å². The van der Waals surface area contributed by atoms with Gasteiger partial charge in [-0.1, -0.05) is 0 Å². The van der Waals surface area contributed by atoms with Gasteiger partial charge in [-0.3, -0.25) is 0 Å². The summed E-state index contributed by atoms with van der Waals surface area (Å²) >= 11 is 0. The van der Waals surface area contributed by atoms with Gasteiger partial charge in [0.1, 0.15) is 23.4 Å². The van der Waals surface area contributed by atoms with E-state index in [-0.39, 0.29) is 29.4 Å². The molecule has 10 nitrogen and oxygen atoms in total. The van der Waals surface area contributed by atoms with Crippen LogP contribution in [-0.2, 0) is 17.3 Å². The van der Waals surface area contributed by atoms with Gasteiger partial charge in [-0.2, -0.15) is 13.2 Å². The molecule has 0 amide bonds. The Bertz CT molecular complexity index is 1350. The smallest absolute Gasteiger partial charge is 0.417 e. The number of carbonyl (C=O) groups excluding carboxylic acids is 1. The van der Waals surface area contributed by atoms with Crippen molar-refractivity contribution in [2.45, 2.75) is 24.8 Å². The van der Waals surface area contributed by atoms with Gasteiger partial charge in [0.05, 0.1) is 11.1 Å². The van der Waals surface area contributed by atoms with E-state index in [2.05, 4.69) is 0 Å². The van der Waals surface area contributed by atoms with Crippen LogP contribution in [0.2, 0.25) is 0 Å². The lowest BCUT2D eigenvalue weighted by atomic mass is 9.93. The molecule has 0 aliphatic carbocycles. The summed E-state index contributed by atoms with van der Waals surface area (Å²) in [5.74, 6) is -7.11. The SMILES string of the molecule is O=C(OC1Cc2c(O)cc(O)cc2O[C@@H]1c1cc(O)c(O)c(O)c1)c1cc(O)c(O)cc1C(F)(F)F. The number of fused-ring (bicyclic) bond motifs is 1. The first-order valence-corrected chi connectivity index (χ1v) is 10.1. The Morgan fingerprint density at radius 3 is 2.06 bits per heavy atom. The van der Waals surface area contributed by atoms with Crippen molar-refractivity contribution in [3.8, 4) is 46.0 Å². The number of esters is 1. The fourth-order valence-electron chi connectivity index (χ4n) is 3.80. The molecule has 0 spiro atoms. The Morgan fingerprint density at radius 2 is 1.44 bits per heavy atom. The van der Waals surface area contributed by atoms with Crippen LogP contribution in [0.15, 0.2) is 36.4 Å². The highest BCUT2D eigenvalue weighted by Crippen LogP contribution is 2.46. The van der Waals surface area contributed by atoms with E-state index in [1.54, 1.807) is 0 Å². The molecular weight excluding hydrogens is 493 g/mol. The number of phenols is 7.